The lowest BCUT2D eigenvalue weighted by Crippen LogP contribution is -2.25. The van der Waals surface area contributed by atoms with Gasteiger partial charge in [0.1, 0.15) is 5.82 Å². The summed E-state index contributed by atoms with van der Waals surface area (Å²) in [6.45, 7) is 2.44. The van der Waals surface area contributed by atoms with Crippen molar-refractivity contribution in [2.45, 2.75) is 32.7 Å². The van der Waals surface area contributed by atoms with Gasteiger partial charge in [-0.1, -0.05) is 30.3 Å². The molecule has 0 unspecified atom stereocenters. The Balaban J connectivity index is 1.44. The average molecular weight is 385 g/mol. The molecule has 0 aliphatic heterocycles. The van der Waals surface area contributed by atoms with E-state index in [-0.39, 0.29) is 5.91 Å². The quantitative estimate of drug-likeness (QED) is 0.585. The number of hydrogen-bond acceptors (Lipinski definition) is 3. The molecular formula is C23H23N5O. The molecule has 0 fully saturated rings. The fourth-order valence-corrected chi connectivity index (χ4v) is 4.22. The molecule has 1 aliphatic rings. The molecule has 1 aliphatic carbocycles. The van der Waals surface area contributed by atoms with Crippen molar-refractivity contribution < 1.29 is 4.79 Å². The molecule has 5 rings (SSSR count). The first-order valence-corrected chi connectivity index (χ1v) is 9.99. The van der Waals surface area contributed by atoms with Crippen LogP contribution in [0.3, 0.4) is 0 Å². The standard InChI is InChI=1S/C23H23N5O/c1-15-8-3-5-11-18(15)28-19-13-7-9-16(19)22(26-28)23(29)24-14-21-25-17-10-4-6-12-20(17)27(21)2/h3-6,8,10-12H,7,9,13-14H2,1-2H3,(H,24,29). The van der Waals surface area contributed by atoms with Gasteiger partial charge >= 0.3 is 0 Å². The molecule has 1 N–H and O–H groups in total. The van der Waals surface area contributed by atoms with E-state index in [0.717, 1.165) is 58.6 Å². The second-order valence-electron chi connectivity index (χ2n) is 7.58. The third-order valence-corrected chi connectivity index (χ3v) is 5.78. The molecule has 2 aromatic heterocycles. The zero-order valence-corrected chi connectivity index (χ0v) is 16.6. The van der Waals surface area contributed by atoms with Gasteiger partial charge in [0.2, 0.25) is 0 Å². The first kappa shape index (κ1) is 17.7. The Morgan fingerprint density at radius 2 is 1.90 bits per heavy atom. The van der Waals surface area contributed by atoms with Crippen molar-refractivity contribution in [1.29, 1.82) is 0 Å². The highest BCUT2D eigenvalue weighted by atomic mass is 16.2. The molecule has 146 valence electrons. The van der Waals surface area contributed by atoms with Crippen LogP contribution in [0.5, 0.6) is 0 Å². The number of para-hydroxylation sites is 3. The van der Waals surface area contributed by atoms with Gasteiger partial charge < -0.3 is 9.88 Å². The van der Waals surface area contributed by atoms with Crippen LogP contribution >= 0.6 is 0 Å². The minimum atomic E-state index is -0.137. The summed E-state index contributed by atoms with van der Waals surface area (Å²) in [4.78, 5) is 17.6. The van der Waals surface area contributed by atoms with Gasteiger partial charge in [-0.15, -0.1) is 0 Å². The van der Waals surface area contributed by atoms with Crippen LogP contribution in [0.25, 0.3) is 16.7 Å². The summed E-state index contributed by atoms with van der Waals surface area (Å²) in [5.74, 6) is 0.692. The molecule has 0 saturated carbocycles. The maximum absolute atomic E-state index is 13.0. The molecule has 2 heterocycles. The molecule has 0 saturated heterocycles. The molecule has 1 amide bonds. The van der Waals surface area contributed by atoms with Gasteiger partial charge in [-0.25, -0.2) is 9.67 Å². The first-order chi connectivity index (χ1) is 14.1. The molecule has 0 atom stereocenters. The van der Waals surface area contributed by atoms with Crippen LogP contribution in [-0.2, 0) is 26.4 Å². The summed E-state index contributed by atoms with van der Waals surface area (Å²) in [6, 6.07) is 16.1. The van der Waals surface area contributed by atoms with Gasteiger partial charge in [0.05, 0.1) is 23.3 Å². The zero-order valence-electron chi connectivity index (χ0n) is 16.6. The van der Waals surface area contributed by atoms with E-state index in [9.17, 15) is 4.79 Å². The molecule has 0 radical (unpaired) electrons. The van der Waals surface area contributed by atoms with Crippen LogP contribution < -0.4 is 5.32 Å². The van der Waals surface area contributed by atoms with Gasteiger partial charge in [-0.05, 0) is 49.9 Å². The van der Waals surface area contributed by atoms with Crippen LogP contribution in [0.4, 0.5) is 0 Å². The van der Waals surface area contributed by atoms with Crippen molar-refractivity contribution in [3.05, 3.63) is 76.9 Å². The van der Waals surface area contributed by atoms with E-state index in [1.165, 1.54) is 0 Å². The molecule has 6 nitrogen and oxygen atoms in total. The van der Waals surface area contributed by atoms with Crippen molar-refractivity contribution in [3.8, 4) is 5.69 Å². The normalized spacial score (nSPS) is 13.0. The van der Waals surface area contributed by atoms with E-state index in [0.29, 0.717) is 12.2 Å². The number of rotatable bonds is 4. The molecular weight excluding hydrogens is 362 g/mol. The smallest absolute Gasteiger partial charge is 0.272 e. The molecule has 6 heteroatoms. The van der Waals surface area contributed by atoms with E-state index in [1.54, 1.807) is 0 Å². The maximum atomic E-state index is 13.0. The summed E-state index contributed by atoms with van der Waals surface area (Å²) in [6.07, 6.45) is 2.91. The zero-order chi connectivity index (χ0) is 20.0. The molecule has 29 heavy (non-hydrogen) atoms. The Bertz CT molecular complexity index is 1230. The highest BCUT2D eigenvalue weighted by Gasteiger charge is 2.27. The summed E-state index contributed by atoms with van der Waals surface area (Å²) in [5, 5.41) is 7.75. The second kappa shape index (κ2) is 6.88. The number of carbonyl (C=O) groups is 1. The largest absolute Gasteiger partial charge is 0.343 e. The third kappa shape index (κ3) is 2.92. The Hall–Kier alpha value is -3.41. The SMILES string of the molecule is Cc1ccccc1-n1nc(C(=O)NCc2nc3ccccc3n2C)c2c1CCC2. The Kier molecular flexibility index (Phi) is 4.19. The second-order valence-corrected chi connectivity index (χ2v) is 7.58. The minimum absolute atomic E-state index is 0.137. The number of benzene rings is 2. The lowest BCUT2D eigenvalue weighted by Gasteiger charge is -2.08. The summed E-state index contributed by atoms with van der Waals surface area (Å²) < 4.78 is 3.98. The topological polar surface area (TPSA) is 64.7 Å². The maximum Gasteiger partial charge on any atom is 0.272 e. The number of fused-ring (bicyclic) bond motifs is 2. The molecule has 4 aromatic rings. The number of nitrogens with zero attached hydrogens (tertiary/aromatic N) is 4. The van der Waals surface area contributed by atoms with Gasteiger partial charge in [-0.3, -0.25) is 4.79 Å². The fraction of sp³-hybridized carbons (Fsp3) is 0.261. The number of imidazole rings is 1. The molecule has 0 bridgehead atoms. The number of aryl methyl sites for hydroxylation is 2. The minimum Gasteiger partial charge on any atom is -0.343 e. The Morgan fingerprint density at radius 1 is 1.10 bits per heavy atom. The van der Waals surface area contributed by atoms with Gasteiger partial charge in [0, 0.05) is 18.3 Å². The lowest BCUT2D eigenvalue weighted by atomic mass is 10.2. The monoisotopic (exact) mass is 385 g/mol. The number of hydrogen-bond donors (Lipinski definition) is 1. The van der Waals surface area contributed by atoms with Crippen molar-refractivity contribution in [1.82, 2.24) is 24.6 Å². The van der Waals surface area contributed by atoms with E-state index in [4.69, 9.17) is 5.10 Å². The van der Waals surface area contributed by atoms with E-state index >= 15 is 0 Å². The molecule has 2 aromatic carbocycles. The summed E-state index contributed by atoms with van der Waals surface area (Å²) in [5.41, 5.74) is 6.96. The first-order valence-electron chi connectivity index (χ1n) is 9.99. The van der Waals surface area contributed by atoms with Crippen LogP contribution in [0.2, 0.25) is 0 Å². The van der Waals surface area contributed by atoms with Gasteiger partial charge in [0.15, 0.2) is 5.69 Å². The fourth-order valence-electron chi connectivity index (χ4n) is 4.22. The highest BCUT2D eigenvalue weighted by Crippen LogP contribution is 2.29. The van der Waals surface area contributed by atoms with Crippen molar-refractivity contribution in [2.75, 3.05) is 0 Å². The van der Waals surface area contributed by atoms with Crippen LogP contribution in [0, 0.1) is 6.92 Å². The third-order valence-electron chi connectivity index (χ3n) is 5.78. The Morgan fingerprint density at radius 3 is 2.72 bits per heavy atom. The van der Waals surface area contributed by atoms with Crippen LogP contribution in [0.1, 0.15) is 39.6 Å². The number of aromatic nitrogens is 4. The predicted octanol–water partition coefficient (Wildman–Crippen LogP) is 3.49. The van der Waals surface area contributed by atoms with Crippen LogP contribution in [0.15, 0.2) is 48.5 Å². The van der Waals surface area contributed by atoms with E-state index in [1.807, 2.05) is 52.7 Å². The van der Waals surface area contributed by atoms with Crippen molar-refractivity contribution in [2.24, 2.45) is 7.05 Å². The Labute approximate surface area is 169 Å². The summed E-state index contributed by atoms with van der Waals surface area (Å²) >= 11 is 0. The van der Waals surface area contributed by atoms with Crippen molar-refractivity contribution in [3.63, 3.8) is 0 Å². The number of nitrogens with one attached hydrogen (secondary N) is 1. The van der Waals surface area contributed by atoms with Gasteiger partial charge in [-0.2, -0.15) is 5.10 Å². The average Bonchev–Trinajstić information content (AvgIpc) is 3.41. The number of amides is 1. The summed E-state index contributed by atoms with van der Waals surface area (Å²) in [7, 11) is 1.97. The molecule has 0 spiro atoms. The van der Waals surface area contributed by atoms with Crippen molar-refractivity contribution >= 4 is 16.9 Å². The van der Waals surface area contributed by atoms with E-state index in [2.05, 4.69) is 29.4 Å². The van der Waals surface area contributed by atoms with E-state index < -0.39 is 0 Å². The predicted molar refractivity (Wildman–Crippen MR) is 112 cm³/mol. The van der Waals surface area contributed by atoms with Crippen LogP contribution in [-0.4, -0.2) is 25.2 Å². The lowest BCUT2D eigenvalue weighted by molar-refractivity contribution is 0.0943. The highest BCUT2D eigenvalue weighted by molar-refractivity contribution is 5.94. The number of carbonyl (C=O) groups excluding carboxylic acids is 1. The van der Waals surface area contributed by atoms with Gasteiger partial charge in [0.25, 0.3) is 5.91 Å².